The summed E-state index contributed by atoms with van der Waals surface area (Å²) in [5, 5.41) is 40.1. The van der Waals surface area contributed by atoms with Gasteiger partial charge in [0.1, 0.15) is 31.0 Å². The van der Waals surface area contributed by atoms with E-state index in [-0.39, 0.29) is 26.1 Å². The minimum Gasteiger partial charge on any atom is -0.462 e. The van der Waals surface area contributed by atoms with Crippen molar-refractivity contribution >= 4 is 11.9 Å². The molecule has 0 bridgehead atoms. The highest BCUT2D eigenvalue weighted by molar-refractivity contribution is 5.70. The van der Waals surface area contributed by atoms with Gasteiger partial charge in [0.05, 0.1) is 13.2 Å². The van der Waals surface area contributed by atoms with Gasteiger partial charge < -0.3 is 39.4 Å². The van der Waals surface area contributed by atoms with Gasteiger partial charge in [0, 0.05) is 12.8 Å². The van der Waals surface area contributed by atoms with Crippen LogP contribution in [0.25, 0.3) is 0 Å². The van der Waals surface area contributed by atoms with E-state index in [2.05, 4.69) is 117 Å². The van der Waals surface area contributed by atoms with Crippen molar-refractivity contribution in [2.45, 2.75) is 192 Å². The quantitative estimate of drug-likeness (QED) is 0.0266. The van der Waals surface area contributed by atoms with Crippen molar-refractivity contribution < 1.29 is 49.0 Å². The van der Waals surface area contributed by atoms with Crippen molar-refractivity contribution in [1.29, 1.82) is 0 Å². The second kappa shape index (κ2) is 44.0. The lowest BCUT2D eigenvalue weighted by Crippen LogP contribution is -2.59. The number of allylic oxidation sites excluding steroid dienone is 20. The van der Waals surface area contributed by atoms with E-state index in [9.17, 15) is 30.0 Å². The van der Waals surface area contributed by atoms with Crippen LogP contribution in [-0.2, 0) is 28.5 Å². The van der Waals surface area contributed by atoms with E-state index in [1.807, 2.05) is 18.2 Å². The number of hydrogen-bond acceptors (Lipinski definition) is 10. The number of aliphatic hydroxyl groups is 4. The Hall–Kier alpha value is -3.90. The summed E-state index contributed by atoms with van der Waals surface area (Å²) in [5.41, 5.74) is 0. The molecule has 10 nitrogen and oxygen atoms in total. The Bertz CT molecular complexity index is 1470. The molecule has 366 valence electrons. The third-order valence-corrected chi connectivity index (χ3v) is 10.3. The van der Waals surface area contributed by atoms with Crippen LogP contribution < -0.4 is 0 Å². The Labute approximate surface area is 392 Å². The number of hydrogen-bond donors (Lipinski definition) is 4. The van der Waals surface area contributed by atoms with Crippen LogP contribution in [0.5, 0.6) is 0 Å². The van der Waals surface area contributed by atoms with Crippen LogP contribution in [0.1, 0.15) is 155 Å². The maximum Gasteiger partial charge on any atom is 0.306 e. The zero-order chi connectivity index (χ0) is 47.3. The van der Waals surface area contributed by atoms with E-state index >= 15 is 0 Å². The molecular formula is C55H86O10. The molecule has 65 heavy (non-hydrogen) atoms. The Morgan fingerprint density at radius 2 is 0.938 bits per heavy atom. The Balaban J connectivity index is 2.40. The molecule has 0 aliphatic carbocycles. The van der Waals surface area contributed by atoms with Crippen molar-refractivity contribution in [3.8, 4) is 0 Å². The fourth-order valence-electron chi connectivity index (χ4n) is 6.50. The summed E-state index contributed by atoms with van der Waals surface area (Å²) in [6.45, 7) is 3.16. The molecule has 6 atom stereocenters. The lowest BCUT2D eigenvalue weighted by atomic mass is 9.99. The van der Waals surface area contributed by atoms with Crippen molar-refractivity contribution in [1.82, 2.24) is 0 Å². The second-order valence-electron chi connectivity index (χ2n) is 16.2. The average molecular weight is 907 g/mol. The lowest BCUT2D eigenvalue weighted by molar-refractivity contribution is -0.305. The molecule has 1 aliphatic heterocycles. The molecule has 2 unspecified atom stereocenters. The van der Waals surface area contributed by atoms with Gasteiger partial charge in [-0.05, 0) is 89.9 Å². The first-order valence-electron chi connectivity index (χ1n) is 24.6. The molecule has 0 saturated carbocycles. The Morgan fingerprint density at radius 3 is 1.43 bits per heavy atom. The summed E-state index contributed by atoms with van der Waals surface area (Å²) < 4.78 is 22.0. The van der Waals surface area contributed by atoms with E-state index in [1.165, 1.54) is 51.4 Å². The number of carbonyl (C=O) groups excluding carboxylic acids is 2. The minimum absolute atomic E-state index is 0.0852. The maximum atomic E-state index is 12.8. The van der Waals surface area contributed by atoms with E-state index in [0.29, 0.717) is 19.3 Å². The number of ether oxygens (including phenoxy) is 4. The Morgan fingerprint density at radius 1 is 0.492 bits per heavy atom. The van der Waals surface area contributed by atoms with Crippen LogP contribution >= 0.6 is 0 Å². The monoisotopic (exact) mass is 907 g/mol. The summed E-state index contributed by atoms with van der Waals surface area (Å²) in [6, 6.07) is 0. The van der Waals surface area contributed by atoms with Crippen LogP contribution in [0.15, 0.2) is 122 Å². The molecule has 0 aromatic carbocycles. The van der Waals surface area contributed by atoms with Crippen LogP contribution in [0.2, 0.25) is 0 Å². The van der Waals surface area contributed by atoms with Gasteiger partial charge in [0.2, 0.25) is 0 Å². The van der Waals surface area contributed by atoms with Gasteiger partial charge in [-0.15, -0.1) is 0 Å². The topological polar surface area (TPSA) is 152 Å². The number of esters is 2. The third-order valence-electron chi connectivity index (χ3n) is 10.3. The first kappa shape index (κ1) is 59.1. The largest absolute Gasteiger partial charge is 0.462 e. The highest BCUT2D eigenvalue weighted by atomic mass is 16.7. The van der Waals surface area contributed by atoms with Gasteiger partial charge in [-0.1, -0.05) is 174 Å². The first-order chi connectivity index (χ1) is 31.8. The molecule has 1 saturated heterocycles. The van der Waals surface area contributed by atoms with Crippen molar-refractivity contribution in [2.75, 3.05) is 19.8 Å². The van der Waals surface area contributed by atoms with Gasteiger partial charge in [-0.3, -0.25) is 9.59 Å². The molecule has 4 N–H and O–H groups in total. The van der Waals surface area contributed by atoms with E-state index in [1.54, 1.807) is 0 Å². The van der Waals surface area contributed by atoms with Gasteiger partial charge >= 0.3 is 11.9 Å². The fourth-order valence-corrected chi connectivity index (χ4v) is 6.50. The molecule has 1 heterocycles. The van der Waals surface area contributed by atoms with Crippen LogP contribution in [0, 0.1) is 0 Å². The predicted molar refractivity (Wildman–Crippen MR) is 265 cm³/mol. The molecule has 0 amide bonds. The molecule has 0 aromatic heterocycles. The highest BCUT2D eigenvalue weighted by Gasteiger charge is 2.44. The third kappa shape index (κ3) is 35.0. The zero-order valence-electron chi connectivity index (χ0n) is 39.9. The lowest BCUT2D eigenvalue weighted by Gasteiger charge is -2.39. The SMILES string of the molecule is CC/C=C/C/C=C/C/C=C/C/C=C/C/C=C/C/C=C/CCC(=O)O[C@@H](COC(=O)CCC/C=C/C/C=C/C/C=C/C/C=C/CCCCCCCCC)CO[C@H]1O[C@@H](CO)[C@@H](O)C(O)C1O. The average Bonchev–Trinajstić information content (AvgIpc) is 3.30. The van der Waals surface area contributed by atoms with Crippen molar-refractivity contribution in [3.05, 3.63) is 122 Å². The Kier molecular flexibility index (Phi) is 40.0. The number of carbonyl (C=O) groups is 2. The maximum absolute atomic E-state index is 12.8. The normalized spacial score (nSPS) is 20.4. The molecule has 0 spiro atoms. The zero-order valence-corrected chi connectivity index (χ0v) is 39.9. The summed E-state index contributed by atoms with van der Waals surface area (Å²) in [4.78, 5) is 25.4. The van der Waals surface area contributed by atoms with Crippen molar-refractivity contribution in [2.24, 2.45) is 0 Å². The van der Waals surface area contributed by atoms with Gasteiger partial charge in [-0.25, -0.2) is 0 Å². The first-order valence-corrected chi connectivity index (χ1v) is 24.6. The molecule has 1 rings (SSSR count). The van der Waals surface area contributed by atoms with Gasteiger partial charge in [0.25, 0.3) is 0 Å². The second-order valence-corrected chi connectivity index (χ2v) is 16.2. The summed E-state index contributed by atoms with van der Waals surface area (Å²) in [6.07, 6.45) is 55.1. The standard InChI is InChI=1S/C55H86O10/c1-3-5-7-9-11-13-15-17-19-21-23-24-26-27-29-31-33-35-37-39-41-43-50(57)62-46-48(47-63-55-54(61)53(60)52(59)49(45-56)65-55)64-51(58)44-42-40-38-36-34-32-30-28-25-22-20-18-16-14-12-10-8-6-4-2/h6,8,12,14,18-21,24-26,28-29,31-32,34-35,37-38,40,48-49,52-56,59-61H,3-5,7,9-11,13,15-17,22-23,27,30,33,36,39,41-47H2,1-2H3/b8-6+,14-12+,20-18+,21-19+,26-24+,28-25+,31-29+,34-32+,37-35+,40-38+/t48-,49-,52+,53?,54?,55-/m0/s1. The minimum atomic E-state index is -1.62. The smallest absolute Gasteiger partial charge is 0.306 e. The van der Waals surface area contributed by atoms with Crippen LogP contribution in [0.3, 0.4) is 0 Å². The highest BCUT2D eigenvalue weighted by Crippen LogP contribution is 2.22. The molecule has 0 aromatic rings. The van der Waals surface area contributed by atoms with Crippen molar-refractivity contribution in [3.63, 3.8) is 0 Å². The summed E-state index contributed by atoms with van der Waals surface area (Å²) in [7, 11) is 0. The number of aliphatic hydroxyl groups excluding tert-OH is 4. The summed E-state index contributed by atoms with van der Waals surface area (Å²) >= 11 is 0. The molecular weight excluding hydrogens is 821 g/mol. The molecule has 1 aliphatic rings. The molecule has 0 radical (unpaired) electrons. The van der Waals surface area contributed by atoms with Gasteiger partial charge in [0.15, 0.2) is 12.4 Å². The van der Waals surface area contributed by atoms with E-state index in [0.717, 1.165) is 57.8 Å². The number of unbranched alkanes of at least 4 members (excludes halogenated alkanes) is 8. The van der Waals surface area contributed by atoms with Gasteiger partial charge in [-0.2, -0.15) is 0 Å². The van der Waals surface area contributed by atoms with Crippen LogP contribution in [-0.4, -0.2) is 89.0 Å². The number of rotatable bonds is 39. The van der Waals surface area contributed by atoms with Crippen LogP contribution in [0.4, 0.5) is 0 Å². The van der Waals surface area contributed by atoms with E-state index < -0.39 is 55.4 Å². The molecule has 1 fully saturated rings. The molecule has 10 heteroatoms. The fraction of sp³-hybridized carbons (Fsp3) is 0.600. The van der Waals surface area contributed by atoms with E-state index in [4.69, 9.17) is 18.9 Å². The summed E-state index contributed by atoms with van der Waals surface area (Å²) in [5.74, 6) is -0.982. The predicted octanol–water partition coefficient (Wildman–Crippen LogP) is 11.4.